The van der Waals surface area contributed by atoms with E-state index >= 15 is 0 Å². The molecular formula is C69H53N4OPt-3. The summed E-state index contributed by atoms with van der Waals surface area (Å²) in [6.07, 6.45) is 1.95. The Kier molecular flexibility index (Phi) is 10.8. The van der Waals surface area contributed by atoms with Crippen molar-refractivity contribution in [2.24, 2.45) is 0 Å². The van der Waals surface area contributed by atoms with E-state index in [1.54, 1.807) is 0 Å². The zero-order chi connectivity index (χ0) is 50.1. The SMILES string of the molecule is CC(C)(C)c1cc(Oc2[c-]c3c4c(c2)C2(c5ccccc5-c5ccccc52)c2cccc(c24)n3-c2cc(C(C)(C)C)ccn2)[c-]c(N2[CH-]N(c3c(-c4ccccc4)cccc3-c3ccccc3)c3ccccc32)c1.[Pt]. The summed E-state index contributed by atoms with van der Waals surface area (Å²) < 4.78 is 9.66. The van der Waals surface area contributed by atoms with E-state index in [0.29, 0.717) is 11.5 Å². The van der Waals surface area contributed by atoms with Gasteiger partial charge in [0.2, 0.25) is 0 Å². The van der Waals surface area contributed by atoms with E-state index in [4.69, 9.17) is 9.72 Å². The van der Waals surface area contributed by atoms with Gasteiger partial charge in [0.1, 0.15) is 5.82 Å². The number of aromatic nitrogens is 2. The van der Waals surface area contributed by atoms with Crippen LogP contribution < -0.4 is 14.5 Å². The topological polar surface area (TPSA) is 33.5 Å². The van der Waals surface area contributed by atoms with E-state index in [9.17, 15) is 0 Å². The fraction of sp³-hybridized carbons (Fsp3) is 0.130. The summed E-state index contributed by atoms with van der Waals surface area (Å²) in [4.78, 5) is 9.72. The van der Waals surface area contributed by atoms with E-state index < -0.39 is 5.41 Å². The molecule has 5 nitrogen and oxygen atoms in total. The largest absolute Gasteiger partial charge is 0.509 e. The van der Waals surface area contributed by atoms with Crippen LogP contribution in [0.3, 0.4) is 0 Å². The van der Waals surface area contributed by atoms with Gasteiger partial charge in [-0.25, -0.2) is 4.98 Å². The van der Waals surface area contributed by atoms with Gasteiger partial charge >= 0.3 is 0 Å². The Morgan fingerprint density at radius 3 is 1.67 bits per heavy atom. The third-order valence-electron chi connectivity index (χ3n) is 15.6. The van der Waals surface area contributed by atoms with Crippen LogP contribution >= 0.6 is 0 Å². The normalized spacial score (nSPS) is 13.9. The number of ether oxygens (including phenoxy) is 1. The van der Waals surface area contributed by atoms with Crippen molar-refractivity contribution in [3.8, 4) is 50.7 Å². The van der Waals surface area contributed by atoms with Crippen molar-refractivity contribution < 1.29 is 25.8 Å². The maximum absolute atomic E-state index is 7.35. The zero-order valence-electron chi connectivity index (χ0n) is 42.7. The molecule has 0 fully saturated rings. The first-order valence-corrected chi connectivity index (χ1v) is 25.7. The molecule has 2 aliphatic carbocycles. The number of rotatable bonds is 7. The van der Waals surface area contributed by atoms with Gasteiger partial charge in [-0.3, -0.25) is 0 Å². The second kappa shape index (κ2) is 17.3. The van der Waals surface area contributed by atoms with Crippen LogP contribution in [0.4, 0.5) is 22.7 Å². The molecule has 6 heteroatoms. The van der Waals surface area contributed by atoms with Crippen molar-refractivity contribution in [3.63, 3.8) is 0 Å². The first-order chi connectivity index (χ1) is 36.0. The molecule has 2 aromatic heterocycles. The summed E-state index contributed by atoms with van der Waals surface area (Å²) in [6, 6.07) is 80.2. The minimum absolute atomic E-state index is 0. The summed E-state index contributed by atoms with van der Waals surface area (Å²) in [6.45, 7) is 15.8. The first kappa shape index (κ1) is 46.8. The minimum atomic E-state index is -0.572. The van der Waals surface area contributed by atoms with Gasteiger partial charge < -0.3 is 19.1 Å². The van der Waals surface area contributed by atoms with Crippen molar-refractivity contribution in [1.29, 1.82) is 0 Å². The third-order valence-corrected chi connectivity index (χ3v) is 15.6. The fourth-order valence-corrected chi connectivity index (χ4v) is 12.2. The van der Waals surface area contributed by atoms with E-state index in [2.05, 4.69) is 275 Å². The molecule has 9 aromatic carbocycles. The average molecular weight is 1150 g/mol. The van der Waals surface area contributed by atoms with E-state index in [1.807, 2.05) is 6.20 Å². The maximum atomic E-state index is 7.35. The number of hydrogen-bond acceptors (Lipinski definition) is 4. The van der Waals surface area contributed by atoms with Crippen LogP contribution in [0, 0.1) is 18.8 Å². The molecule has 1 aliphatic heterocycles. The monoisotopic (exact) mass is 1150 g/mol. The molecule has 0 unspecified atom stereocenters. The molecule has 11 aromatic rings. The second-order valence-corrected chi connectivity index (χ2v) is 22.0. The van der Waals surface area contributed by atoms with Crippen LogP contribution in [-0.2, 0) is 37.3 Å². The third kappa shape index (κ3) is 7.11. The van der Waals surface area contributed by atoms with E-state index in [-0.39, 0.29) is 31.9 Å². The van der Waals surface area contributed by atoms with Gasteiger partial charge in [0.15, 0.2) is 0 Å². The Labute approximate surface area is 454 Å². The van der Waals surface area contributed by atoms with Crippen LogP contribution in [0.15, 0.2) is 206 Å². The number of para-hydroxylation sites is 3. The summed E-state index contributed by atoms with van der Waals surface area (Å²) in [5, 5.41) is 2.41. The molecule has 0 amide bonds. The van der Waals surface area contributed by atoms with Gasteiger partial charge in [-0.05, 0) is 91.1 Å². The van der Waals surface area contributed by atoms with Gasteiger partial charge in [-0.15, -0.1) is 53.8 Å². The van der Waals surface area contributed by atoms with Crippen molar-refractivity contribution in [2.75, 3.05) is 9.80 Å². The molecular weight excluding hydrogens is 1100 g/mol. The van der Waals surface area contributed by atoms with E-state index in [0.717, 1.165) is 67.4 Å². The molecule has 0 N–H and O–H groups in total. The Morgan fingerprint density at radius 1 is 0.480 bits per heavy atom. The molecule has 75 heavy (non-hydrogen) atoms. The van der Waals surface area contributed by atoms with Crippen LogP contribution in [0.25, 0.3) is 61.0 Å². The Morgan fingerprint density at radius 2 is 1.03 bits per heavy atom. The Bertz CT molecular complexity index is 3970. The first-order valence-electron chi connectivity index (χ1n) is 25.7. The number of anilines is 4. The number of pyridine rings is 1. The van der Waals surface area contributed by atoms with Crippen molar-refractivity contribution in [1.82, 2.24) is 9.55 Å². The summed E-state index contributed by atoms with van der Waals surface area (Å²) in [5.74, 6) is 2.09. The van der Waals surface area contributed by atoms with Crippen LogP contribution in [-0.4, -0.2) is 9.55 Å². The predicted octanol–water partition coefficient (Wildman–Crippen LogP) is 17.6. The summed E-state index contributed by atoms with van der Waals surface area (Å²) >= 11 is 0. The average Bonchev–Trinajstić information content (AvgIpc) is 4.36. The van der Waals surface area contributed by atoms with Crippen LogP contribution in [0.2, 0.25) is 0 Å². The molecule has 0 bridgehead atoms. The summed E-state index contributed by atoms with van der Waals surface area (Å²) in [5.41, 5.74) is 19.7. The maximum Gasteiger partial charge on any atom is 0.135 e. The molecule has 3 aliphatic rings. The molecule has 368 valence electrons. The van der Waals surface area contributed by atoms with Crippen molar-refractivity contribution in [3.05, 3.63) is 259 Å². The number of nitrogens with zero attached hydrogens (tertiary/aromatic N) is 4. The molecule has 3 heterocycles. The van der Waals surface area contributed by atoms with Crippen LogP contribution in [0.1, 0.15) is 74.9 Å². The minimum Gasteiger partial charge on any atom is -0.509 e. The number of benzene rings is 9. The molecule has 0 saturated heterocycles. The van der Waals surface area contributed by atoms with Gasteiger partial charge in [-0.2, -0.15) is 0 Å². The zero-order valence-corrected chi connectivity index (χ0v) is 45.0. The van der Waals surface area contributed by atoms with Gasteiger partial charge in [0.05, 0.1) is 0 Å². The Hall–Kier alpha value is -7.98. The van der Waals surface area contributed by atoms with Gasteiger partial charge in [0.25, 0.3) is 0 Å². The molecule has 0 radical (unpaired) electrons. The second-order valence-electron chi connectivity index (χ2n) is 22.0. The van der Waals surface area contributed by atoms with Crippen molar-refractivity contribution in [2.45, 2.75) is 57.8 Å². The molecule has 1 spiro atoms. The number of fused-ring (bicyclic) bond motifs is 8. The molecule has 0 saturated carbocycles. The van der Waals surface area contributed by atoms with Crippen molar-refractivity contribution >= 4 is 44.6 Å². The summed E-state index contributed by atoms with van der Waals surface area (Å²) in [7, 11) is 0. The molecule has 0 atom stereocenters. The quantitative estimate of drug-likeness (QED) is 0.149. The molecule has 14 rings (SSSR count). The standard InChI is InChI=1S/C69H53N4O.Pt/c1-67(2,3)46-35-36-70-63(39-46)73-61-34-20-31-57-64(61)65-58(69(57)55-29-15-13-25-53(55)54-26-14-16-30-56(54)69)41-50(42-62(65)73)74-49-38-47(68(4,5)6)37-48(40-49)71-43-72(60-33-18-17-32-59(60)71)66-51(44-21-9-7-10-22-44)27-19-28-52(66)45-23-11-8-12-24-45;/h7-39,41,43H,1-6H3;/q-3;. The van der Waals surface area contributed by atoms with E-state index in [1.165, 1.54) is 49.7 Å². The Balaban J connectivity index is 0.00000541. The van der Waals surface area contributed by atoms with Gasteiger partial charge in [-0.1, -0.05) is 204 Å². The van der Waals surface area contributed by atoms with Crippen LogP contribution in [0.5, 0.6) is 11.5 Å². The predicted molar refractivity (Wildman–Crippen MR) is 303 cm³/mol. The smallest absolute Gasteiger partial charge is 0.135 e. The van der Waals surface area contributed by atoms with Gasteiger partial charge in [0, 0.05) is 77.9 Å². The fourth-order valence-electron chi connectivity index (χ4n) is 12.2. The number of hydrogen-bond donors (Lipinski definition) is 0.